The van der Waals surface area contributed by atoms with Crippen molar-refractivity contribution in [2.24, 2.45) is 11.8 Å². The number of hydrogen-bond acceptors (Lipinski definition) is 2. The first-order valence-corrected chi connectivity index (χ1v) is 8.08. The van der Waals surface area contributed by atoms with Crippen LogP contribution in [0.3, 0.4) is 0 Å². The molecule has 1 fully saturated rings. The van der Waals surface area contributed by atoms with Crippen LogP contribution in [-0.4, -0.2) is 12.4 Å². The highest BCUT2D eigenvalue weighted by molar-refractivity contribution is 6.00. The van der Waals surface area contributed by atoms with Crippen LogP contribution in [0.5, 0.6) is 5.75 Å². The summed E-state index contributed by atoms with van der Waals surface area (Å²) in [5.41, 5.74) is 2.05. The van der Waals surface area contributed by atoms with Crippen LogP contribution in [0.1, 0.15) is 61.4 Å². The second-order valence-electron chi connectivity index (χ2n) is 6.25. The van der Waals surface area contributed by atoms with Gasteiger partial charge in [0.2, 0.25) is 0 Å². The van der Waals surface area contributed by atoms with E-state index in [9.17, 15) is 4.79 Å². The third-order valence-corrected chi connectivity index (χ3v) is 4.93. The summed E-state index contributed by atoms with van der Waals surface area (Å²) in [5.74, 6) is 2.15. The molecule has 0 N–H and O–H groups in total. The Labute approximate surface area is 121 Å². The smallest absolute Gasteiger partial charge is 0.169 e. The van der Waals surface area contributed by atoms with E-state index in [4.69, 9.17) is 4.74 Å². The van der Waals surface area contributed by atoms with Gasteiger partial charge in [-0.1, -0.05) is 38.3 Å². The number of carbonyl (C=O) groups is 1. The fourth-order valence-electron chi connectivity index (χ4n) is 3.70. The van der Waals surface area contributed by atoms with Gasteiger partial charge < -0.3 is 4.74 Å². The van der Waals surface area contributed by atoms with Crippen LogP contribution in [-0.2, 0) is 6.42 Å². The van der Waals surface area contributed by atoms with Crippen molar-refractivity contribution >= 4 is 5.78 Å². The number of rotatable bonds is 3. The van der Waals surface area contributed by atoms with Gasteiger partial charge in [0.15, 0.2) is 5.78 Å². The Balaban J connectivity index is 1.83. The van der Waals surface area contributed by atoms with Gasteiger partial charge in [-0.2, -0.15) is 0 Å². The third kappa shape index (κ3) is 2.61. The first-order chi connectivity index (χ1) is 9.79. The summed E-state index contributed by atoms with van der Waals surface area (Å²) in [6, 6.07) is 6.07. The molecule has 1 aliphatic heterocycles. The van der Waals surface area contributed by atoms with Crippen molar-refractivity contribution in [3.63, 3.8) is 0 Å². The molecule has 108 valence electrons. The van der Waals surface area contributed by atoms with Gasteiger partial charge in [0, 0.05) is 5.92 Å². The summed E-state index contributed by atoms with van der Waals surface area (Å²) in [6.45, 7) is 2.99. The van der Waals surface area contributed by atoms with E-state index in [0.717, 1.165) is 49.5 Å². The van der Waals surface area contributed by atoms with Crippen LogP contribution in [0.2, 0.25) is 0 Å². The molecular formula is C18H24O2. The average molecular weight is 272 g/mol. The lowest BCUT2D eigenvalue weighted by Gasteiger charge is -2.28. The zero-order valence-electron chi connectivity index (χ0n) is 12.4. The number of para-hydroxylation sites is 1. The Bertz CT molecular complexity index is 492. The maximum atomic E-state index is 12.9. The molecule has 2 nitrogen and oxygen atoms in total. The molecule has 1 saturated carbocycles. The zero-order chi connectivity index (χ0) is 13.9. The number of aryl methyl sites for hydroxylation is 1. The van der Waals surface area contributed by atoms with E-state index in [0.29, 0.717) is 5.78 Å². The molecule has 0 saturated heterocycles. The quantitative estimate of drug-likeness (QED) is 0.762. The van der Waals surface area contributed by atoms with Crippen molar-refractivity contribution in [3.8, 4) is 5.75 Å². The van der Waals surface area contributed by atoms with Crippen molar-refractivity contribution < 1.29 is 9.53 Å². The zero-order valence-corrected chi connectivity index (χ0v) is 12.4. The molecule has 2 heteroatoms. The summed E-state index contributed by atoms with van der Waals surface area (Å²) in [5, 5.41) is 0. The van der Waals surface area contributed by atoms with Gasteiger partial charge in [0.1, 0.15) is 5.75 Å². The Morgan fingerprint density at radius 3 is 3.05 bits per heavy atom. The molecule has 20 heavy (non-hydrogen) atoms. The number of hydrogen-bond donors (Lipinski definition) is 0. The minimum atomic E-state index is 0.214. The van der Waals surface area contributed by atoms with E-state index < -0.39 is 0 Å². The lowest BCUT2D eigenvalue weighted by molar-refractivity contribution is 0.0857. The van der Waals surface area contributed by atoms with E-state index in [-0.39, 0.29) is 5.92 Å². The predicted octanol–water partition coefficient (Wildman–Crippen LogP) is 4.41. The second-order valence-corrected chi connectivity index (χ2v) is 6.25. The van der Waals surface area contributed by atoms with Crippen molar-refractivity contribution in [1.29, 1.82) is 0 Å². The topological polar surface area (TPSA) is 26.3 Å². The normalized spacial score (nSPS) is 25.6. The van der Waals surface area contributed by atoms with Crippen molar-refractivity contribution in [2.75, 3.05) is 6.61 Å². The van der Waals surface area contributed by atoms with Crippen molar-refractivity contribution in [3.05, 3.63) is 29.3 Å². The Hall–Kier alpha value is -1.31. The van der Waals surface area contributed by atoms with Crippen molar-refractivity contribution in [1.82, 2.24) is 0 Å². The number of ether oxygens (including phenoxy) is 1. The van der Waals surface area contributed by atoms with Crippen LogP contribution < -0.4 is 4.74 Å². The van der Waals surface area contributed by atoms with Crippen LogP contribution >= 0.6 is 0 Å². The van der Waals surface area contributed by atoms with Gasteiger partial charge in [-0.15, -0.1) is 0 Å². The molecule has 2 aliphatic rings. The van der Waals surface area contributed by atoms with Gasteiger partial charge in [0.25, 0.3) is 0 Å². The second kappa shape index (κ2) is 5.99. The van der Waals surface area contributed by atoms with Gasteiger partial charge in [-0.25, -0.2) is 0 Å². The summed E-state index contributed by atoms with van der Waals surface area (Å²) in [4.78, 5) is 12.9. The number of benzene rings is 1. The lowest BCUT2D eigenvalue weighted by atomic mass is 9.76. The van der Waals surface area contributed by atoms with E-state index in [1.807, 2.05) is 12.1 Å². The maximum Gasteiger partial charge on any atom is 0.169 e. The van der Waals surface area contributed by atoms with Gasteiger partial charge >= 0.3 is 0 Å². The van der Waals surface area contributed by atoms with Crippen LogP contribution in [0.4, 0.5) is 0 Å². The monoisotopic (exact) mass is 272 g/mol. The van der Waals surface area contributed by atoms with E-state index in [2.05, 4.69) is 13.0 Å². The minimum absolute atomic E-state index is 0.214. The Morgan fingerprint density at radius 1 is 1.30 bits per heavy atom. The van der Waals surface area contributed by atoms with E-state index in [1.165, 1.54) is 24.8 Å². The van der Waals surface area contributed by atoms with E-state index >= 15 is 0 Å². The fraction of sp³-hybridized carbons (Fsp3) is 0.611. The molecular weight excluding hydrogens is 248 g/mol. The summed E-state index contributed by atoms with van der Waals surface area (Å²) < 4.78 is 5.80. The molecule has 1 heterocycles. The molecule has 0 radical (unpaired) electrons. The Kier molecular flexibility index (Phi) is 4.09. The summed E-state index contributed by atoms with van der Waals surface area (Å²) >= 11 is 0. The largest absolute Gasteiger partial charge is 0.493 e. The molecule has 3 rings (SSSR count). The molecule has 0 amide bonds. The Morgan fingerprint density at radius 2 is 2.20 bits per heavy atom. The number of Topliss-reactive ketones (excluding diaryl/α,β-unsaturated/α-hetero) is 1. The SMILES string of the molecule is CCC1CCCC(C(=O)c2cccc3c2OCCC3)C1. The molecule has 2 atom stereocenters. The van der Waals surface area contributed by atoms with Crippen molar-refractivity contribution in [2.45, 2.75) is 51.9 Å². The van der Waals surface area contributed by atoms with Gasteiger partial charge in [0.05, 0.1) is 12.2 Å². The van der Waals surface area contributed by atoms with Gasteiger partial charge in [-0.3, -0.25) is 4.79 Å². The molecule has 0 aromatic heterocycles. The van der Waals surface area contributed by atoms with Crippen LogP contribution in [0.25, 0.3) is 0 Å². The molecule has 2 unspecified atom stereocenters. The standard InChI is InChI=1S/C18H24O2/c1-2-13-6-3-8-15(12-13)17(19)16-10-4-7-14-9-5-11-20-18(14)16/h4,7,10,13,15H,2-3,5-6,8-9,11-12H2,1H3. The maximum absolute atomic E-state index is 12.9. The summed E-state index contributed by atoms with van der Waals surface area (Å²) in [7, 11) is 0. The molecule has 1 aliphatic carbocycles. The highest BCUT2D eigenvalue weighted by Crippen LogP contribution is 2.36. The fourth-order valence-corrected chi connectivity index (χ4v) is 3.70. The van der Waals surface area contributed by atoms with E-state index in [1.54, 1.807) is 0 Å². The number of ketones is 1. The number of fused-ring (bicyclic) bond motifs is 1. The highest BCUT2D eigenvalue weighted by Gasteiger charge is 2.29. The number of carbonyl (C=O) groups excluding carboxylic acids is 1. The first kappa shape index (κ1) is 13.7. The third-order valence-electron chi connectivity index (χ3n) is 4.93. The molecule has 0 bridgehead atoms. The average Bonchev–Trinajstić information content (AvgIpc) is 2.53. The predicted molar refractivity (Wildman–Crippen MR) is 80.3 cm³/mol. The van der Waals surface area contributed by atoms with Crippen LogP contribution in [0, 0.1) is 11.8 Å². The molecule has 0 spiro atoms. The van der Waals surface area contributed by atoms with Gasteiger partial charge in [-0.05, 0) is 43.2 Å². The first-order valence-electron chi connectivity index (χ1n) is 8.08. The highest BCUT2D eigenvalue weighted by atomic mass is 16.5. The van der Waals surface area contributed by atoms with Crippen LogP contribution in [0.15, 0.2) is 18.2 Å². The summed E-state index contributed by atoms with van der Waals surface area (Å²) in [6.07, 6.45) is 7.92. The molecule has 1 aromatic rings. The minimum Gasteiger partial charge on any atom is -0.493 e. The molecule has 1 aromatic carbocycles. The lowest BCUT2D eigenvalue weighted by Crippen LogP contribution is -2.24.